The first-order valence-corrected chi connectivity index (χ1v) is 12.3. The number of Topliss-reactive ketones (excluding diaryl/α,β-unsaturated/α-hetero) is 1. The summed E-state index contributed by atoms with van der Waals surface area (Å²) in [5.41, 5.74) is 6.62. The summed E-state index contributed by atoms with van der Waals surface area (Å²) in [6.07, 6.45) is 3.68. The summed E-state index contributed by atoms with van der Waals surface area (Å²) in [5, 5.41) is 0.536. The Kier molecular flexibility index (Phi) is 6.31. The Morgan fingerprint density at radius 2 is 1.81 bits per heavy atom. The van der Waals surface area contributed by atoms with Gasteiger partial charge in [-0.1, -0.05) is 18.2 Å². The fourth-order valence-electron chi connectivity index (χ4n) is 5.14. The second-order valence-corrected chi connectivity index (χ2v) is 9.42. The van der Waals surface area contributed by atoms with Crippen LogP contribution >= 0.6 is 0 Å². The van der Waals surface area contributed by atoms with Crippen molar-refractivity contribution < 1.29 is 14.3 Å². The van der Waals surface area contributed by atoms with Crippen LogP contribution in [0.5, 0.6) is 0 Å². The highest BCUT2D eigenvalue weighted by Crippen LogP contribution is 2.27. The monoisotopic (exact) mass is 483 g/mol. The van der Waals surface area contributed by atoms with Crippen LogP contribution in [0, 0.1) is 13.8 Å². The van der Waals surface area contributed by atoms with Crippen molar-refractivity contribution in [2.75, 3.05) is 6.61 Å². The van der Waals surface area contributed by atoms with E-state index in [-0.39, 0.29) is 30.8 Å². The minimum atomic E-state index is -0.502. The molecule has 2 heterocycles. The number of benzene rings is 2. The van der Waals surface area contributed by atoms with Gasteiger partial charge in [-0.3, -0.25) is 19.0 Å². The molecule has 0 fully saturated rings. The summed E-state index contributed by atoms with van der Waals surface area (Å²) < 4.78 is 8.83. The van der Waals surface area contributed by atoms with Crippen LogP contribution in [-0.2, 0) is 35.8 Å². The Bertz CT molecular complexity index is 1560. The third-order valence-corrected chi connectivity index (χ3v) is 7.06. The van der Waals surface area contributed by atoms with Crippen molar-refractivity contribution in [1.82, 2.24) is 14.1 Å². The van der Waals surface area contributed by atoms with E-state index in [0.29, 0.717) is 22.3 Å². The highest BCUT2D eigenvalue weighted by atomic mass is 16.5. The van der Waals surface area contributed by atoms with Gasteiger partial charge in [0.15, 0.2) is 6.61 Å². The second kappa shape index (κ2) is 9.57. The molecule has 0 saturated carbocycles. The lowest BCUT2D eigenvalue weighted by Gasteiger charge is -2.12. The summed E-state index contributed by atoms with van der Waals surface area (Å²) in [6, 6.07) is 15.5. The number of aromatic nitrogens is 3. The minimum absolute atomic E-state index is 0.0278. The molecule has 36 heavy (non-hydrogen) atoms. The average molecular weight is 484 g/mol. The van der Waals surface area contributed by atoms with Gasteiger partial charge in [-0.2, -0.15) is 0 Å². The number of para-hydroxylation sites is 1. The molecule has 0 unspecified atom stereocenters. The van der Waals surface area contributed by atoms with Crippen LogP contribution in [0.1, 0.15) is 51.5 Å². The molecule has 7 nitrogen and oxygen atoms in total. The smallest absolute Gasteiger partial charge is 0.306 e. The lowest BCUT2D eigenvalue weighted by atomic mass is 10.1. The lowest BCUT2D eigenvalue weighted by molar-refractivity contribution is -0.142. The molecular weight excluding hydrogens is 454 g/mol. The number of nitrogens with zero attached hydrogens (tertiary/aromatic N) is 3. The van der Waals surface area contributed by atoms with E-state index in [2.05, 4.69) is 27.8 Å². The SMILES string of the molecule is Cc1cc(C(=O)COC(=O)CCc2nc3ccccc3c(=O)n2C)c(C)n1-c1ccc2c(c1)CCC2. The number of esters is 1. The summed E-state index contributed by atoms with van der Waals surface area (Å²) in [6.45, 7) is 3.57. The van der Waals surface area contributed by atoms with Crippen molar-refractivity contribution in [3.63, 3.8) is 0 Å². The fourth-order valence-corrected chi connectivity index (χ4v) is 5.14. The molecule has 0 bridgehead atoms. The number of ether oxygens (including phenoxy) is 1. The third kappa shape index (κ3) is 4.37. The molecule has 2 aromatic heterocycles. The fraction of sp³-hybridized carbons (Fsp3) is 0.310. The molecule has 4 aromatic rings. The van der Waals surface area contributed by atoms with Crippen molar-refractivity contribution in [2.45, 2.75) is 46.0 Å². The normalized spacial score (nSPS) is 12.6. The van der Waals surface area contributed by atoms with Gasteiger partial charge in [0.2, 0.25) is 5.78 Å². The molecular formula is C29H29N3O4. The van der Waals surface area contributed by atoms with Crippen molar-refractivity contribution in [1.29, 1.82) is 0 Å². The van der Waals surface area contributed by atoms with Crippen LogP contribution in [0.15, 0.2) is 53.3 Å². The van der Waals surface area contributed by atoms with Gasteiger partial charge in [0.1, 0.15) is 5.82 Å². The zero-order valence-corrected chi connectivity index (χ0v) is 20.8. The molecule has 184 valence electrons. The first-order chi connectivity index (χ1) is 17.3. The number of hydrogen-bond acceptors (Lipinski definition) is 5. The lowest BCUT2D eigenvalue weighted by Crippen LogP contribution is -2.23. The Labute approximate surface area is 209 Å². The zero-order valence-electron chi connectivity index (χ0n) is 20.8. The first kappa shape index (κ1) is 23.7. The van der Waals surface area contributed by atoms with Gasteiger partial charge in [-0.15, -0.1) is 0 Å². The Balaban J connectivity index is 1.24. The van der Waals surface area contributed by atoms with Gasteiger partial charge in [0.25, 0.3) is 5.56 Å². The number of carbonyl (C=O) groups is 2. The topological polar surface area (TPSA) is 83.2 Å². The molecule has 1 aliphatic rings. The van der Waals surface area contributed by atoms with Crippen LogP contribution in [-0.4, -0.2) is 32.5 Å². The highest BCUT2D eigenvalue weighted by Gasteiger charge is 2.20. The number of hydrogen-bond donors (Lipinski definition) is 0. The minimum Gasteiger partial charge on any atom is -0.457 e. The van der Waals surface area contributed by atoms with Crippen LogP contribution in [0.25, 0.3) is 16.6 Å². The standard InChI is InChI=1S/C29H29N3O4/c1-18-15-24(19(2)32(18)22-12-11-20-7-6-8-21(20)16-22)26(33)17-36-28(34)14-13-27-30-25-10-5-4-9-23(25)29(35)31(27)3/h4-5,9-12,15-16H,6-8,13-14,17H2,1-3H3. The maximum absolute atomic E-state index is 12.9. The Hall–Kier alpha value is -4.00. The first-order valence-electron chi connectivity index (χ1n) is 12.3. The van der Waals surface area contributed by atoms with Crippen molar-refractivity contribution >= 4 is 22.7 Å². The van der Waals surface area contributed by atoms with Crippen LogP contribution in [0.3, 0.4) is 0 Å². The van der Waals surface area contributed by atoms with Gasteiger partial charge in [-0.25, -0.2) is 4.98 Å². The molecule has 1 aliphatic carbocycles. The molecule has 5 rings (SSSR count). The number of fused-ring (bicyclic) bond motifs is 2. The number of aryl methyl sites for hydroxylation is 4. The van der Waals surface area contributed by atoms with E-state index in [9.17, 15) is 14.4 Å². The summed E-state index contributed by atoms with van der Waals surface area (Å²) in [7, 11) is 1.64. The second-order valence-electron chi connectivity index (χ2n) is 9.42. The molecule has 0 aliphatic heterocycles. The van der Waals surface area contributed by atoms with Crippen molar-refractivity contribution in [2.24, 2.45) is 7.05 Å². The van der Waals surface area contributed by atoms with Crippen molar-refractivity contribution in [3.8, 4) is 5.69 Å². The largest absolute Gasteiger partial charge is 0.457 e. The van der Waals surface area contributed by atoms with Crippen molar-refractivity contribution in [3.05, 3.63) is 92.8 Å². The molecule has 0 saturated heterocycles. The number of carbonyl (C=O) groups excluding carboxylic acids is 2. The van der Waals surface area contributed by atoms with Gasteiger partial charge >= 0.3 is 5.97 Å². The average Bonchev–Trinajstić information content (AvgIpc) is 3.46. The Morgan fingerprint density at radius 1 is 1.03 bits per heavy atom. The molecule has 7 heteroatoms. The van der Waals surface area contributed by atoms with E-state index in [1.807, 2.05) is 26.0 Å². The van der Waals surface area contributed by atoms with Gasteiger partial charge in [-0.05, 0) is 74.6 Å². The van der Waals surface area contributed by atoms with E-state index in [1.54, 1.807) is 25.2 Å². The number of rotatable bonds is 7. The maximum atomic E-state index is 12.9. The van der Waals surface area contributed by atoms with E-state index in [0.717, 1.165) is 29.9 Å². The summed E-state index contributed by atoms with van der Waals surface area (Å²) >= 11 is 0. The highest BCUT2D eigenvalue weighted by molar-refractivity contribution is 5.99. The van der Waals surface area contributed by atoms with E-state index in [1.165, 1.54) is 22.1 Å². The molecule has 0 atom stereocenters. The predicted molar refractivity (Wildman–Crippen MR) is 138 cm³/mol. The van der Waals surface area contributed by atoms with Crippen LogP contribution in [0.4, 0.5) is 0 Å². The zero-order chi connectivity index (χ0) is 25.4. The van der Waals surface area contributed by atoms with Gasteiger partial charge in [0, 0.05) is 36.1 Å². The molecule has 0 radical (unpaired) electrons. The van der Waals surface area contributed by atoms with Gasteiger partial charge < -0.3 is 9.30 Å². The molecule has 0 N–H and O–H groups in total. The quantitative estimate of drug-likeness (QED) is 0.291. The number of ketones is 1. The van der Waals surface area contributed by atoms with E-state index >= 15 is 0 Å². The van der Waals surface area contributed by atoms with Gasteiger partial charge in [0.05, 0.1) is 17.3 Å². The van der Waals surface area contributed by atoms with Crippen LogP contribution in [0.2, 0.25) is 0 Å². The summed E-state index contributed by atoms with van der Waals surface area (Å²) in [4.78, 5) is 42.4. The molecule has 2 aromatic carbocycles. The van der Waals surface area contributed by atoms with E-state index < -0.39 is 5.97 Å². The molecule has 0 spiro atoms. The Morgan fingerprint density at radius 3 is 2.64 bits per heavy atom. The van der Waals surface area contributed by atoms with Crippen LogP contribution < -0.4 is 5.56 Å². The summed E-state index contributed by atoms with van der Waals surface area (Å²) in [5.74, 6) is -0.238. The maximum Gasteiger partial charge on any atom is 0.306 e. The van der Waals surface area contributed by atoms with E-state index in [4.69, 9.17) is 4.74 Å². The molecule has 0 amide bonds. The third-order valence-electron chi connectivity index (χ3n) is 7.06. The predicted octanol–water partition coefficient (Wildman–Crippen LogP) is 4.19.